The minimum atomic E-state index is -0.427. The molecular weight excluding hydrogens is 313 g/mol. The fourth-order valence-electron chi connectivity index (χ4n) is 1.54. The second-order valence-corrected chi connectivity index (χ2v) is 4.67. The summed E-state index contributed by atoms with van der Waals surface area (Å²) in [4.78, 5) is 12.0. The molecule has 0 heterocycles. The molecule has 0 aliphatic heterocycles. The lowest BCUT2D eigenvalue weighted by molar-refractivity contribution is 0.102. The molecule has 0 unspecified atom stereocenters. The normalized spacial score (nSPS) is 10.1. The maximum atomic E-state index is 13.3. The van der Waals surface area contributed by atoms with Gasteiger partial charge >= 0.3 is 0 Å². The van der Waals surface area contributed by atoms with Gasteiger partial charge in [0, 0.05) is 11.3 Å². The van der Waals surface area contributed by atoms with Crippen LogP contribution >= 0.6 is 15.9 Å². The third-order valence-electron chi connectivity index (χ3n) is 2.51. The number of benzene rings is 2. The molecule has 2 aromatic rings. The second-order valence-electron chi connectivity index (χ2n) is 3.81. The molecule has 0 aliphatic rings. The van der Waals surface area contributed by atoms with E-state index in [-0.39, 0.29) is 5.91 Å². The van der Waals surface area contributed by atoms with E-state index in [0.29, 0.717) is 21.5 Å². The lowest BCUT2D eigenvalue weighted by atomic mass is 10.2. The van der Waals surface area contributed by atoms with E-state index in [9.17, 15) is 9.18 Å². The number of ether oxygens (including phenoxy) is 1. The average Bonchev–Trinajstić information content (AvgIpc) is 2.43. The van der Waals surface area contributed by atoms with Crippen LogP contribution in [0.1, 0.15) is 10.4 Å². The maximum absolute atomic E-state index is 13.3. The average molecular weight is 324 g/mol. The summed E-state index contributed by atoms with van der Waals surface area (Å²) >= 11 is 3.06. The number of carbonyl (C=O) groups excluding carboxylic acids is 1. The third kappa shape index (κ3) is 3.32. The fourth-order valence-corrected chi connectivity index (χ4v) is 1.79. The van der Waals surface area contributed by atoms with Crippen LogP contribution < -0.4 is 10.1 Å². The molecule has 5 heteroatoms. The zero-order chi connectivity index (χ0) is 13.8. The van der Waals surface area contributed by atoms with E-state index in [0.717, 1.165) is 0 Å². The summed E-state index contributed by atoms with van der Waals surface area (Å²) in [6.45, 7) is 0. The molecule has 0 aliphatic carbocycles. The minimum Gasteiger partial charge on any atom is -0.497 e. The van der Waals surface area contributed by atoms with Crippen LogP contribution in [0.3, 0.4) is 0 Å². The summed E-state index contributed by atoms with van der Waals surface area (Å²) < 4.78 is 18.7. The standard InChI is InChI=1S/C14H11BrFNO2/c1-19-11-4-2-3-9(7-11)14(18)17-10-5-6-12(15)13(16)8-10/h2-8H,1H3,(H,17,18). The number of rotatable bonds is 3. The van der Waals surface area contributed by atoms with Crippen molar-refractivity contribution >= 4 is 27.5 Å². The predicted octanol–water partition coefficient (Wildman–Crippen LogP) is 3.85. The molecule has 1 N–H and O–H groups in total. The Morgan fingerprint density at radius 1 is 1.26 bits per heavy atom. The van der Waals surface area contributed by atoms with Gasteiger partial charge in [-0.25, -0.2) is 4.39 Å². The van der Waals surface area contributed by atoms with Crippen LogP contribution in [-0.4, -0.2) is 13.0 Å². The Labute approximate surface area is 118 Å². The van der Waals surface area contributed by atoms with E-state index >= 15 is 0 Å². The lowest BCUT2D eigenvalue weighted by Crippen LogP contribution is -2.12. The molecule has 0 saturated carbocycles. The van der Waals surface area contributed by atoms with Gasteiger partial charge in [0.05, 0.1) is 11.6 Å². The van der Waals surface area contributed by atoms with Crippen molar-refractivity contribution in [2.75, 3.05) is 12.4 Å². The molecule has 0 aromatic heterocycles. The molecule has 0 atom stereocenters. The van der Waals surface area contributed by atoms with Gasteiger partial charge in [0.15, 0.2) is 0 Å². The molecule has 98 valence electrons. The van der Waals surface area contributed by atoms with Crippen LogP contribution in [0.25, 0.3) is 0 Å². The highest BCUT2D eigenvalue weighted by molar-refractivity contribution is 9.10. The van der Waals surface area contributed by atoms with Gasteiger partial charge in [-0.05, 0) is 52.3 Å². The number of nitrogens with one attached hydrogen (secondary N) is 1. The van der Waals surface area contributed by atoms with E-state index < -0.39 is 5.82 Å². The Balaban J connectivity index is 2.18. The van der Waals surface area contributed by atoms with Crippen LogP contribution in [0.15, 0.2) is 46.9 Å². The number of hydrogen-bond acceptors (Lipinski definition) is 2. The Hall–Kier alpha value is -1.88. The molecule has 0 saturated heterocycles. The first-order chi connectivity index (χ1) is 9.10. The van der Waals surface area contributed by atoms with Gasteiger partial charge in [-0.3, -0.25) is 4.79 Å². The van der Waals surface area contributed by atoms with Gasteiger partial charge in [-0.15, -0.1) is 0 Å². The zero-order valence-electron chi connectivity index (χ0n) is 10.1. The first-order valence-electron chi connectivity index (χ1n) is 5.50. The molecule has 0 bridgehead atoms. The SMILES string of the molecule is COc1cccc(C(=O)Nc2ccc(Br)c(F)c2)c1. The van der Waals surface area contributed by atoms with Crippen molar-refractivity contribution in [2.24, 2.45) is 0 Å². The van der Waals surface area contributed by atoms with Gasteiger partial charge in [0.2, 0.25) is 0 Å². The molecular formula is C14H11BrFNO2. The number of anilines is 1. The zero-order valence-corrected chi connectivity index (χ0v) is 11.7. The summed E-state index contributed by atoms with van der Waals surface area (Å²) in [5, 5.41) is 2.62. The summed E-state index contributed by atoms with van der Waals surface area (Å²) in [5.74, 6) is -0.154. The number of amides is 1. The van der Waals surface area contributed by atoms with Crippen molar-refractivity contribution in [2.45, 2.75) is 0 Å². The second kappa shape index (κ2) is 5.84. The van der Waals surface area contributed by atoms with Crippen LogP contribution in [0.4, 0.5) is 10.1 Å². The van der Waals surface area contributed by atoms with Crippen LogP contribution in [0.2, 0.25) is 0 Å². The predicted molar refractivity (Wildman–Crippen MR) is 75.0 cm³/mol. The molecule has 3 nitrogen and oxygen atoms in total. The number of carbonyl (C=O) groups is 1. The largest absolute Gasteiger partial charge is 0.497 e. The fraction of sp³-hybridized carbons (Fsp3) is 0.0714. The van der Waals surface area contributed by atoms with Gasteiger partial charge in [0.25, 0.3) is 5.91 Å². The van der Waals surface area contributed by atoms with Crippen molar-refractivity contribution in [1.82, 2.24) is 0 Å². The van der Waals surface area contributed by atoms with Gasteiger partial charge in [-0.1, -0.05) is 6.07 Å². The van der Waals surface area contributed by atoms with E-state index in [1.165, 1.54) is 19.2 Å². The number of halogens is 2. The first-order valence-corrected chi connectivity index (χ1v) is 6.30. The van der Waals surface area contributed by atoms with Crippen molar-refractivity contribution in [3.63, 3.8) is 0 Å². The van der Waals surface area contributed by atoms with Crippen LogP contribution in [0, 0.1) is 5.82 Å². The molecule has 1 amide bonds. The van der Waals surface area contributed by atoms with Crippen LogP contribution in [0.5, 0.6) is 5.75 Å². The Bertz CT molecular complexity index is 616. The summed E-state index contributed by atoms with van der Waals surface area (Å²) in [5.41, 5.74) is 0.844. The van der Waals surface area contributed by atoms with E-state index in [1.807, 2.05) is 0 Å². The molecule has 0 radical (unpaired) electrons. The topological polar surface area (TPSA) is 38.3 Å². The molecule has 0 spiro atoms. The van der Waals surface area contributed by atoms with Crippen molar-refractivity contribution in [1.29, 1.82) is 0 Å². The highest BCUT2D eigenvalue weighted by Crippen LogP contribution is 2.20. The van der Waals surface area contributed by atoms with Crippen molar-refractivity contribution < 1.29 is 13.9 Å². The van der Waals surface area contributed by atoms with Crippen LogP contribution in [-0.2, 0) is 0 Å². The first kappa shape index (κ1) is 13.5. The summed E-state index contributed by atoms with van der Waals surface area (Å²) in [6.07, 6.45) is 0. The van der Waals surface area contributed by atoms with Crippen molar-refractivity contribution in [3.05, 3.63) is 58.3 Å². The van der Waals surface area contributed by atoms with E-state index in [1.54, 1.807) is 30.3 Å². The smallest absolute Gasteiger partial charge is 0.255 e. The monoisotopic (exact) mass is 323 g/mol. The lowest BCUT2D eigenvalue weighted by Gasteiger charge is -2.07. The maximum Gasteiger partial charge on any atom is 0.255 e. The van der Waals surface area contributed by atoms with Crippen molar-refractivity contribution in [3.8, 4) is 5.75 Å². The Morgan fingerprint density at radius 2 is 2.05 bits per heavy atom. The number of methoxy groups -OCH3 is 1. The quantitative estimate of drug-likeness (QED) is 0.931. The summed E-state index contributed by atoms with van der Waals surface area (Å²) in [7, 11) is 1.53. The van der Waals surface area contributed by atoms with Gasteiger partial charge < -0.3 is 10.1 Å². The van der Waals surface area contributed by atoms with E-state index in [4.69, 9.17) is 4.74 Å². The molecule has 2 aromatic carbocycles. The third-order valence-corrected chi connectivity index (χ3v) is 3.15. The molecule has 2 rings (SSSR count). The number of hydrogen-bond donors (Lipinski definition) is 1. The van der Waals surface area contributed by atoms with Gasteiger partial charge in [-0.2, -0.15) is 0 Å². The molecule has 19 heavy (non-hydrogen) atoms. The van der Waals surface area contributed by atoms with Gasteiger partial charge in [0.1, 0.15) is 11.6 Å². The Morgan fingerprint density at radius 3 is 2.74 bits per heavy atom. The molecule has 0 fully saturated rings. The minimum absolute atomic E-state index is 0.319. The summed E-state index contributed by atoms with van der Waals surface area (Å²) in [6, 6.07) is 11.1. The van der Waals surface area contributed by atoms with E-state index in [2.05, 4.69) is 21.2 Å². The Kier molecular flexibility index (Phi) is 4.16. The highest BCUT2D eigenvalue weighted by atomic mass is 79.9. The highest BCUT2D eigenvalue weighted by Gasteiger charge is 2.08.